The summed E-state index contributed by atoms with van der Waals surface area (Å²) in [4.78, 5) is 12.7. The van der Waals surface area contributed by atoms with Gasteiger partial charge in [0.2, 0.25) is 0 Å². The number of carbonyl (C=O) groups is 1. The van der Waals surface area contributed by atoms with E-state index in [9.17, 15) is 13.2 Å². The molecule has 0 aliphatic rings. The summed E-state index contributed by atoms with van der Waals surface area (Å²) in [5.41, 5.74) is 0.642. The topological polar surface area (TPSA) is 84.5 Å². The van der Waals surface area contributed by atoms with Crippen molar-refractivity contribution in [2.24, 2.45) is 0 Å². The van der Waals surface area contributed by atoms with E-state index in [4.69, 9.17) is 4.74 Å². The van der Waals surface area contributed by atoms with Gasteiger partial charge >= 0.3 is 0 Å². The van der Waals surface area contributed by atoms with Crippen LogP contribution in [0.25, 0.3) is 0 Å². The molecular formula is C16H18N2O4S2. The first kappa shape index (κ1) is 18.2. The lowest BCUT2D eigenvalue weighted by molar-refractivity contribution is 0.0960. The molecular weight excluding hydrogens is 348 g/mol. The van der Waals surface area contributed by atoms with Gasteiger partial charge in [-0.2, -0.15) is 0 Å². The Labute approximate surface area is 145 Å². The molecule has 2 aromatic carbocycles. The van der Waals surface area contributed by atoms with Crippen LogP contribution < -0.4 is 14.8 Å². The molecule has 0 aliphatic heterocycles. The van der Waals surface area contributed by atoms with Crippen molar-refractivity contribution in [1.29, 1.82) is 0 Å². The number of thioether (sulfide) groups is 1. The summed E-state index contributed by atoms with van der Waals surface area (Å²) in [5.74, 6) is -0.119. The summed E-state index contributed by atoms with van der Waals surface area (Å²) in [5, 5.41) is 2.47. The van der Waals surface area contributed by atoms with E-state index < -0.39 is 15.9 Å². The number of benzene rings is 2. The first-order valence-electron chi connectivity index (χ1n) is 6.99. The van der Waals surface area contributed by atoms with E-state index in [1.807, 2.05) is 18.4 Å². The molecule has 0 atom stereocenters. The van der Waals surface area contributed by atoms with E-state index >= 15 is 0 Å². The Hall–Kier alpha value is -2.19. The Morgan fingerprint density at radius 1 is 1.17 bits per heavy atom. The number of amides is 1. The van der Waals surface area contributed by atoms with Gasteiger partial charge in [-0.05, 0) is 36.6 Å². The van der Waals surface area contributed by atoms with Crippen LogP contribution in [0.4, 0.5) is 5.69 Å². The zero-order chi connectivity index (χ0) is 17.7. The maximum atomic E-state index is 12.6. The third-order valence-corrected chi connectivity index (χ3v) is 5.46. The van der Waals surface area contributed by atoms with Gasteiger partial charge in [-0.1, -0.05) is 12.1 Å². The molecule has 0 bridgehead atoms. The highest BCUT2D eigenvalue weighted by Crippen LogP contribution is 2.28. The Balaban J connectivity index is 2.44. The van der Waals surface area contributed by atoms with Crippen molar-refractivity contribution < 1.29 is 17.9 Å². The second kappa shape index (κ2) is 7.59. The maximum Gasteiger partial charge on any atom is 0.261 e. The number of hydrogen-bond donors (Lipinski definition) is 2. The number of carbonyl (C=O) groups excluding carboxylic acids is 1. The average molecular weight is 366 g/mol. The summed E-state index contributed by atoms with van der Waals surface area (Å²) in [6.45, 7) is 0. The van der Waals surface area contributed by atoms with Crippen molar-refractivity contribution >= 4 is 33.4 Å². The van der Waals surface area contributed by atoms with Crippen LogP contribution in [0.1, 0.15) is 10.4 Å². The summed E-state index contributed by atoms with van der Waals surface area (Å²) >= 11 is 1.44. The second-order valence-corrected chi connectivity index (χ2v) is 7.28. The minimum absolute atomic E-state index is 0.0159. The monoisotopic (exact) mass is 366 g/mol. The second-order valence-electron chi connectivity index (χ2n) is 4.75. The molecule has 0 spiro atoms. The van der Waals surface area contributed by atoms with Crippen molar-refractivity contribution in [3.8, 4) is 5.75 Å². The normalized spacial score (nSPS) is 11.0. The molecule has 128 valence electrons. The average Bonchev–Trinajstić information content (AvgIpc) is 2.60. The number of para-hydroxylation sites is 1. The number of hydrogen-bond acceptors (Lipinski definition) is 5. The number of methoxy groups -OCH3 is 1. The van der Waals surface area contributed by atoms with Gasteiger partial charge in [0.15, 0.2) is 0 Å². The number of nitrogens with one attached hydrogen (secondary N) is 2. The van der Waals surface area contributed by atoms with Crippen LogP contribution in [0.2, 0.25) is 0 Å². The van der Waals surface area contributed by atoms with Gasteiger partial charge in [-0.15, -0.1) is 11.8 Å². The van der Waals surface area contributed by atoms with Crippen LogP contribution in [0.15, 0.2) is 52.3 Å². The highest BCUT2D eigenvalue weighted by Gasteiger charge is 2.20. The fraction of sp³-hybridized carbons (Fsp3) is 0.188. The van der Waals surface area contributed by atoms with Crippen LogP contribution in [0.5, 0.6) is 5.75 Å². The van der Waals surface area contributed by atoms with Gasteiger partial charge in [-0.25, -0.2) is 8.42 Å². The van der Waals surface area contributed by atoms with Gasteiger partial charge < -0.3 is 10.1 Å². The molecule has 6 nitrogen and oxygen atoms in total. The number of ether oxygens (including phenoxy) is 1. The van der Waals surface area contributed by atoms with Crippen molar-refractivity contribution in [2.45, 2.75) is 9.79 Å². The highest BCUT2D eigenvalue weighted by molar-refractivity contribution is 7.99. The predicted octanol–water partition coefficient (Wildman–Crippen LogP) is 2.58. The molecule has 2 aromatic rings. The van der Waals surface area contributed by atoms with Crippen LogP contribution in [-0.2, 0) is 10.0 Å². The third kappa shape index (κ3) is 3.82. The Morgan fingerprint density at radius 3 is 2.50 bits per heavy atom. The zero-order valence-electron chi connectivity index (χ0n) is 13.5. The molecule has 8 heteroatoms. The van der Waals surface area contributed by atoms with E-state index in [1.165, 1.54) is 44.1 Å². The van der Waals surface area contributed by atoms with Crippen LogP contribution in [-0.4, -0.2) is 34.7 Å². The van der Waals surface area contributed by atoms with E-state index in [0.717, 1.165) is 4.90 Å². The van der Waals surface area contributed by atoms with Crippen LogP contribution in [0, 0.1) is 0 Å². The standard InChI is InChI=1S/C16H18N2O4S2/c1-17-16(19)12-10-11(8-9-14(12)22-2)24(20,21)18-13-6-4-5-7-15(13)23-3/h4-10,18H,1-3H3,(H,17,19). The summed E-state index contributed by atoms with van der Waals surface area (Å²) < 4.78 is 32.9. The third-order valence-electron chi connectivity index (χ3n) is 3.30. The number of anilines is 1. The van der Waals surface area contributed by atoms with E-state index in [2.05, 4.69) is 10.0 Å². The van der Waals surface area contributed by atoms with Crippen LogP contribution >= 0.6 is 11.8 Å². The van der Waals surface area contributed by atoms with Crippen molar-refractivity contribution in [3.05, 3.63) is 48.0 Å². The largest absolute Gasteiger partial charge is 0.496 e. The highest BCUT2D eigenvalue weighted by atomic mass is 32.2. The first-order chi connectivity index (χ1) is 11.4. The van der Waals surface area contributed by atoms with Gasteiger partial charge in [0.1, 0.15) is 5.75 Å². The van der Waals surface area contributed by atoms with Crippen molar-refractivity contribution in [3.63, 3.8) is 0 Å². The minimum Gasteiger partial charge on any atom is -0.496 e. The quantitative estimate of drug-likeness (QED) is 0.768. The molecule has 0 fully saturated rings. The Bertz CT molecular complexity index is 851. The molecule has 0 heterocycles. The smallest absolute Gasteiger partial charge is 0.261 e. The molecule has 0 aromatic heterocycles. The van der Waals surface area contributed by atoms with Gasteiger partial charge in [0.05, 0.1) is 23.3 Å². The van der Waals surface area contributed by atoms with E-state index in [1.54, 1.807) is 12.1 Å². The van der Waals surface area contributed by atoms with Crippen LogP contribution in [0.3, 0.4) is 0 Å². The fourth-order valence-corrected chi connectivity index (χ4v) is 3.82. The zero-order valence-corrected chi connectivity index (χ0v) is 15.1. The number of rotatable bonds is 6. The van der Waals surface area contributed by atoms with E-state index in [0.29, 0.717) is 11.4 Å². The molecule has 0 aliphatic carbocycles. The van der Waals surface area contributed by atoms with Gasteiger partial charge in [-0.3, -0.25) is 9.52 Å². The summed E-state index contributed by atoms with van der Waals surface area (Å²) in [6, 6.07) is 11.2. The fourth-order valence-electron chi connectivity index (χ4n) is 2.10. The van der Waals surface area contributed by atoms with Gasteiger partial charge in [0.25, 0.3) is 15.9 Å². The van der Waals surface area contributed by atoms with E-state index in [-0.39, 0.29) is 10.5 Å². The minimum atomic E-state index is -3.83. The number of sulfonamides is 1. The molecule has 1 amide bonds. The lowest BCUT2D eigenvalue weighted by Gasteiger charge is -2.13. The lowest BCUT2D eigenvalue weighted by atomic mass is 10.2. The SMILES string of the molecule is CNC(=O)c1cc(S(=O)(=O)Nc2ccccc2SC)ccc1OC. The summed E-state index contributed by atoms with van der Waals surface area (Å²) in [6.07, 6.45) is 1.87. The molecule has 2 rings (SSSR count). The molecule has 0 saturated heterocycles. The Kier molecular flexibility index (Phi) is 5.74. The molecule has 2 N–H and O–H groups in total. The maximum absolute atomic E-state index is 12.6. The van der Waals surface area contributed by atoms with Crippen molar-refractivity contribution in [2.75, 3.05) is 25.1 Å². The first-order valence-corrected chi connectivity index (χ1v) is 9.69. The summed E-state index contributed by atoms with van der Waals surface area (Å²) in [7, 11) is -0.946. The molecule has 0 radical (unpaired) electrons. The molecule has 24 heavy (non-hydrogen) atoms. The van der Waals surface area contributed by atoms with Crippen molar-refractivity contribution in [1.82, 2.24) is 5.32 Å². The molecule has 0 saturated carbocycles. The lowest BCUT2D eigenvalue weighted by Crippen LogP contribution is -2.20. The Morgan fingerprint density at radius 2 is 1.88 bits per heavy atom. The molecule has 0 unspecified atom stereocenters. The van der Waals surface area contributed by atoms with Gasteiger partial charge in [0, 0.05) is 11.9 Å². The predicted molar refractivity (Wildman–Crippen MR) is 95.4 cm³/mol.